The summed E-state index contributed by atoms with van der Waals surface area (Å²) in [4.78, 5) is 27.7. The highest BCUT2D eigenvalue weighted by molar-refractivity contribution is 8.41. The summed E-state index contributed by atoms with van der Waals surface area (Å²) in [5, 5.41) is 10.2. The molecule has 2 heterocycles. The molecule has 1 aromatic heterocycles. The van der Waals surface area contributed by atoms with Crippen molar-refractivity contribution in [1.82, 2.24) is 14.5 Å². The van der Waals surface area contributed by atoms with E-state index in [1.807, 2.05) is 14.1 Å². The van der Waals surface area contributed by atoms with Crippen molar-refractivity contribution in [2.75, 3.05) is 33.9 Å². The second-order valence-electron chi connectivity index (χ2n) is 6.43. The fourth-order valence-corrected chi connectivity index (χ4v) is 3.61. The monoisotopic (exact) mass is 407 g/mol. The maximum Gasteiger partial charge on any atom is 0.330 e. The maximum atomic E-state index is 11.9. The molecule has 0 spiro atoms. The van der Waals surface area contributed by atoms with Crippen LogP contribution in [-0.4, -0.2) is 65.6 Å². The molecule has 1 saturated heterocycles. The van der Waals surface area contributed by atoms with Gasteiger partial charge in [0.2, 0.25) is 7.58 Å². The van der Waals surface area contributed by atoms with E-state index >= 15 is 0 Å². The zero-order chi connectivity index (χ0) is 19.3. The molecule has 0 aromatic carbocycles. The van der Waals surface area contributed by atoms with Crippen LogP contribution in [0.15, 0.2) is 15.8 Å². The number of hydrogen-bond donors (Lipinski definition) is 3. The van der Waals surface area contributed by atoms with E-state index in [0.29, 0.717) is 12.2 Å². The van der Waals surface area contributed by atoms with Crippen molar-refractivity contribution in [2.24, 2.45) is 0 Å². The Morgan fingerprint density at radius 2 is 2.19 bits per heavy atom. The summed E-state index contributed by atoms with van der Waals surface area (Å²) in [7, 11) is 2.62. The highest BCUT2D eigenvalue weighted by atomic mass is 32.7. The molecule has 1 unspecified atom stereocenters. The Labute approximate surface area is 158 Å². The van der Waals surface area contributed by atoms with Crippen molar-refractivity contribution < 1.29 is 18.9 Å². The molecule has 0 amide bonds. The van der Waals surface area contributed by atoms with E-state index in [4.69, 9.17) is 13.8 Å². The first-order valence-electron chi connectivity index (χ1n) is 8.33. The molecule has 4 atom stereocenters. The lowest BCUT2D eigenvalue weighted by Crippen LogP contribution is -2.33. The van der Waals surface area contributed by atoms with Crippen LogP contribution in [0.3, 0.4) is 0 Å². The van der Waals surface area contributed by atoms with E-state index in [1.54, 1.807) is 6.92 Å². The van der Waals surface area contributed by atoms with Crippen molar-refractivity contribution >= 4 is 19.8 Å². The third kappa shape index (κ3) is 6.16. The van der Waals surface area contributed by atoms with E-state index in [2.05, 4.69) is 22.1 Å². The van der Waals surface area contributed by atoms with Crippen molar-refractivity contribution in [3.63, 3.8) is 0 Å². The first-order valence-corrected chi connectivity index (χ1v) is 10.7. The summed E-state index contributed by atoms with van der Waals surface area (Å²) < 4.78 is 18.0. The fourth-order valence-electron chi connectivity index (χ4n) is 2.53. The smallest absolute Gasteiger partial charge is 0.330 e. The molecule has 2 N–H and O–H groups in total. The Kier molecular flexibility index (Phi) is 8.28. The minimum Gasteiger partial charge on any atom is -0.390 e. The number of aryl methyl sites for hydroxylation is 1. The van der Waals surface area contributed by atoms with Crippen LogP contribution in [0.25, 0.3) is 0 Å². The number of nitrogens with one attached hydrogen (secondary N) is 1. The van der Waals surface area contributed by atoms with E-state index < -0.39 is 37.3 Å². The summed E-state index contributed by atoms with van der Waals surface area (Å²) in [6.45, 7) is 3.16. The van der Waals surface area contributed by atoms with E-state index in [-0.39, 0.29) is 13.0 Å². The number of nitrogens with zero attached hydrogens (tertiary/aromatic N) is 2. The number of aromatic amines is 1. The van der Waals surface area contributed by atoms with Crippen LogP contribution >= 0.6 is 19.8 Å². The second-order valence-corrected chi connectivity index (χ2v) is 8.41. The van der Waals surface area contributed by atoms with Gasteiger partial charge >= 0.3 is 5.69 Å². The molecule has 9 nitrogen and oxygen atoms in total. The van der Waals surface area contributed by atoms with Crippen LogP contribution in [0.5, 0.6) is 0 Å². The highest BCUT2D eigenvalue weighted by Gasteiger charge is 2.36. The van der Waals surface area contributed by atoms with E-state index in [9.17, 15) is 14.7 Å². The third-order valence-corrected chi connectivity index (χ3v) is 5.43. The van der Waals surface area contributed by atoms with Gasteiger partial charge in [0.05, 0.1) is 19.3 Å². The number of H-pyrrole nitrogens is 1. The topological polar surface area (TPSA) is 106 Å². The molecule has 1 aromatic rings. The van der Waals surface area contributed by atoms with Gasteiger partial charge < -0.3 is 23.8 Å². The number of aliphatic hydroxyl groups is 1. The lowest BCUT2D eigenvalue weighted by molar-refractivity contribution is -0.0407. The van der Waals surface area contributed by atoms with Gasteiger partial charge in [-0.1, -0.05) is 12.2 Å². The fraction of sp³-hybridized carbons (Fsp3) is 0.733. The summed E-state index contributed by atoms with van der Waals surface area (Å²) in [6, 6.07) is 0. The average molecular weight is 407 g/mol. The molecule has 1 fully saturated rings. The maximum absolute atomic E-state index is 11.9. The van der Waals surface area contributed by atoms with Crippen LogP contribution in [0.1, 0.15) is 24.6 Å². The Hall–Kier alpha value is -0.740. The normalized spacial score (nSPS) is 24.3. The van der Waals surface area contributed by atoms with Gasteiger partial charge in [0.25, 0.3) is 5.56 Å². The predicted molar refractivity (Wildman–Crippen MR) is 102 cm³/mol. The molecule has 11 heteroatoms. The molecular weight excluding hydrogens is 381 g/mol. The molecule has 1 aliphatic rings. The van der Waals surface area contributed by atoms with Gasteiger partial charge in [-0.15, -0.1) is 0 Å². The van der Waals surface area contributed by atoms with E-state index in [0.717, 1.165) is 13.0 Å². The molecule has 0 bridgehead atoms. The van der Waals surface area contributed by atoms with Gasteiger partial charge in [0.15, 0.2) is 0 Å². The van der Waals surface area contributed by atoms with Gasteiger partial charge in [-0.3, -0.25) is 14.3 Å². The van der Waals surface area contributed by atoms with Crippen LogP contribution in [0.4, 0.5) is 0 Å². The third-order valence-electron chi connectivity index (χ3n) is 3.96. The molecular formula is C15H26N3O6PS. The molecule has 26 heavy (non-hydrogen) atoms. The lowest BCUT2D eigenvalue weighted by Gasteiger charge is -2.18. The molecule has 1 aliphatic heterocycles. The van der Waals surface area contributed by atoms with Crippen molar-refractivity contribution in [2.45, 2.75) is 38.2 Å². The minimum absolute atomic E-state index is 0.109. The SMILES string of the molecule is Cc1cn([C@H]2C[C@@H](O)[C@@H](COP(S)OCCCN(C)C)O2)c(=O)[nH]c1=O. The summed E-state index contributed by atoms with van der Waals surface area (Å²) in [6.07, 6.45) is 0.490. The Morgan fingerprint density at radius 1 is 1.46 bits per heavy atom. The van der Waals surface area contributed by atoms with Crippen LogP contribution in [0.2, 0.25) is 0 Å². The van der Waals surface area contributed by atoms with Crippen LogP contribution in [-0.2, 0) is 13.8 Å². The Morgan fingerprint density at radius 3 is 2.88 bits per heavy atom. The quantitative estimate of drug-likeness (QED) is 0.313. The molecule has 148 valence electrons. The average Bonchev–Trinajstić information content (AvgIpc) is 2.93. The largest absolute Gasteiger partial charge is 0.390 e. The second kappa shape index (κ2) is 9.98. The number of rotatable bonds is 9. The van der Waals surface area contributed by atoms with E-state index in [1.165, 1.54) is 10.8 Å². The van der Waals surface area contributed by atoms with Gasteiger partial charge in [0.1, 0.15) is 12.3 Å². The van der Waals surface area contributed by atoms with Crippen molar-refractivity contribution in [3.8, 4) is 0 Å². The standard InChI is InChI=1S/C15H26N3O6PS/c1-10-8-18(15(21)16-14(10)20)13-7-11(19)12(24-13)9-23-25(26)22-6-4-5-17(2)3/h8,11-13,19,26H,4-7,9H2,1-3H3,(H,16,20,21)/t11-,12-,13-,25?/m1/s1. The lowest BCUT2D eigenvalue weighted by atomic mass is 10.2. The minimum atomic E-state index is -1.36. The number of hydrogen-bond acceptors (Lipinski definition) is 8. The Bertz CT molecular complexity index is 697. The van der Waals surface area contributed by atoms with Gasteiger partial charge in [-0.25, -0.2) is 4.79 Å². The highest BCUT2D eigenvalue weighted by Crippen LogP contribution is 2.44. The van der Waals surface area contributed by atoms with Crippen molar-refractivity contribution in [1.29, 1.82) is 0 Å². The summed E-state index contributed by atoms with van der Waals surface area (Å²) in [5.74, 6) is 0. The van der Waals surface area contributed by atoms with Gasteiger partial charge in [0, 0.05) is 18.2 Å². The predicted octanol–water partition coefficient (Wildman–Crippen LogP) is 0.635. The molecule has 2 rings (SSSR count). The molecule has 0 radical (unpaired) electrons. The number of ether oxygens (including phenoxy) is 1. The summed E-state index contributed by atoms with van der Waals surface area (Å²) in [5.41, 5.74) is -0.607. The van der Waals surface area contributed by atoms with Crippen LogP contribution < -0.4 is 11.2 Å². The van der Waals surface area contributed by atoms with Crippen molar-refractivity contribution in [3.05, 3.63) is 32.6 Å². The van der Waals surface area contributed by atoms with Gasteiger partial charge in [-0.05, 0) is 34.0 Å². The number of aliphatic hydroxyl groups excluding tert-OH is 1. The number of thiol groups is 1. The van der Waals surface area contributed by atoms with Gasteiger partial charge in [-0.2, -0.15) is 0 Å². The zero-order valence-corrected chi connectivity index (χ0v) is 16.9. The number of aromatic nitrogens is 2. The first kappa shape index (κ1) is 21.6. The zero-order valence-electron chi connectivity index (χ0n) is 15.1. The Balaban J connectivity index is 1.82. The molecule has 0 saturated carbocycles. The molecule has 0 aliphatic carbocycles. The van der Waals surface area contributed by atoms with Crippen LogP contribution in [0, 0.1) is 6.92 Å². The first-order chi connectivity index (χ1) is 12.3. The summed E-state index contributed by atoms with van der Waals surface area (Å²) >= 11 is 4.27.